The van der Waals surface area contributed by atoms with Crippen LogP contribution in [0.2, 0.25) is 0 Å². The number of rotatable bonds is 0. The Morgan fingerprint density at radius 3 is 1.00 bits per heavy atom. The standard InChI is InChI=1S/Al.H4O4Si.O.Pb.3H/c;1-5(2,3)4;;;;;/h;1-4H;;;;;. The monoisotopic (exact) mass is 350 g/mol. The summed E-state index contributed by atoms with van der Waals surface area (Å²) in [5.74, 6) is 0. The van der Waals surface area contributed by atoms with E-state index in [0.717, 1.165) is 0 Å². The van der Waals surface area contributed by atoms with E-state index in [4.69, 9.17) is 21.9 Å². The maximum atomic E-state index is 8.39. The Bertz CT molecular complexity index is 36.2. The molecule has 8 heteroatoms. The van der Waals surface area contributed by atoms with E-state index in [9.17, 15) is 0 Å². The molecule has 0 aliphatic carbocycles. The Morgan fingerprint density at radius 1 is 1.00 bits per heavy atom. The van der Waals surface area contributed by atoms with Crippen molar-refractivity contribution in [1.29, 1.82) is 0 Å². The second-order valence-corrected chi connectivity index (χ2v) is 1.80. The summed E-state index contributed by atoms with van der Waals surface area (Å²) in [5, 5.41) is 0. The zero-order valence-electron chi connectivity index (χ0n) is 3.20. The van der Waals surface area contributed by atoms with E-state index < -0.39 is 9.05 Å². The Morgan fingerprint density at radius 2 is 1.00 bits per heavy atom. The zero-order chi connectivity index (χ0) is 6.50. The van der Waals surface area contributed by atoms with Crippen molar-refractivity contribution < 1.29 is 21.9 Å². The molecule has 48 valence electrons. The van der Waals surface area contributed by atoms with Crippen molar-refractivity contribution in [2.24, 2.45) is 0 Å². The first-order valence-corrected chi connectivity index (χ1v) is 4.47. The summed E-state index contributed by atoms with van der Waals surface area (Å²) in [6.45, 7) is 0. The molecule has 0 atom stereocenters. The van der Waals surface area contributed by atoms with Gasteiger partial charge in [0.1, 0.15) is 0 Å². The van der Waals surface area contributed by atoms with Crippen molar-refractivity contribution >= 4 is 52.2 Å². The SMILES string of the molecule is O[Si](O)(O)O.[AlH3].[O]=[Pb]. The summed E-state index contributed by atoms with van der Waals surface area (Å²) in [7, 11) is -4.61. The molecule has 5 nitrogen and oxygen atoms in total. The van der Waals surface area contributed by atoms with Gasteiger partial charge in [-0.2, -0.15) is 0 Å². The molecule has 0 heterocycles. The van der Waals surface area contributed by atoms with E-state index in [0.29, 0.717) is 0 Å². The minimum absolute atomic E-state index is 0. The van der Waals surface area contributed by atoms with Gasteiger partial charge in [-0.1, -0.05) is 0 Å². The Kier molecular flexibility index (Phi) is 16.8. The topological polar surface area (TPSA) is 98.0 Å². The molecule has 0 unspecified atom stereocenters. The Labute approximate surface area is 73.8 Å². The van der Waals surface area contributed by atoms with Crippen molar-refractivity contribution in [3.8, 4) is 0 Å². The van der Waals surface area contributed by atoms with Gasteiger partial charge in [-0.05, 0) is 0 Å². The van der Waals surface area contributed by atoms with Crippen LogP contribution in [-0.4, -0.2) is 71.4 Å². The quantitative estimate of drug-likeness (QED) is 0.332. The molecule has 8 heavy (non-hydrogen) atoms. The van der Waals surface area contributed by atoms with Crippen LogP contribution in [0.15, 0.2) is 0 Å². The van der Waals surface area contributed by atoms with Crippen molar-refractivity contribution in [3.63, 3.8) is 0 Å². The van der Waals surface area contributed by atoms with Crippen LogP contribution in [0.4, 0.5) is 0 Å². The van der Waals surface area contributed by atoms with Crippen LogP contribution >= 0.6 is 0 Å². The fraction of sp³-hybridized carbons (Fsp3) is 0. The van der Waals surface area contributed by atoms with Crippen LogP contribution in [0.5, 0.6) is 0 Å². The summed E-state index contributed by atoms with van der Waals surface area (Å²) >= 11 is 0.0556. The molecule has 0 spiro atoms. The molecule has 0 aliphatic heterocycles. The molecule has 0 rings (SSSR count). The Balaban J connectivity index is -0.0000000750. The summed E-state index contributed by atoms with van der Waals surface area (Å²) in [6, 6.07) is 0. The molecule has 2 radical (unpaired) electrons. The predicted molar refractivity (Wildman–Crippen MR) is 31.0 cm³/mol. The van der Waals surface area contributed by atoms with Gasteiger partial charge < -0.3 is 19.2 Å². The third-order valence-electron chi connectivity index (χ3n) is 0. The molecule has 0 aliphatic rings. The van der Waals surface area contributed by atoms with E-state index in [-0.39, 0.29) is 43.1 Å². The molecule has 0 fully saturated rings. The minimum atomic E-state index is -4.61. The van der Waals surface area contributed by atoms with Crippen LogP contribution < -0.4 is 0 Å². The predicted octanol–water partition coefficient (Wildman–Crippen LogP) is -4.29. The van der Waals surface area contributed by atoms with Crippen LogP contribution in [0.3, 0.4) is 0 Å². The van der Waals surface area contributed by atoms with Crippen molar-refractivity contribution in [2.75, 3.05) is 0 Å². The van der Waals surface area contributed by atoms with Gasteiger partial charge in [0, 0.05) is 0 Å². The van der Waals surface area contributed by atoms with E-state index >= 15 is 0 Å². The van der Waals surface area contributed by atoms with Crippen molar-refractivity contribution in [1.82, 2.24) is 0 Å². The molecule has 4 N–H and O–H groups in total. The van der Waals surface area contributed by atoms with E-state index in [1.807, 2.05) is 0 Å². The summed E-state index contributed by atoms with van der Waals surface area (Å²) in [4.78, 5) is 29.3. The molecule has 0 amide bonds. The summed E-state index contributed by atoms with van der Waals surface area (Å²) in [5.41, 5.74) is 0. The van der Waals surface area contributed by atoms with Gasteiger partial charge in [-0.15, -0.1) is 0 Å². The number of hydrogen-bond donors (Lipinski definition) is 4. The molecule has 0 aromatic rings. The van der Waals surface area contributed by atoms with Gasteiger partial charge >= 0.3 is 37.5 Å². The average molecular weight is 349 g/mol. The molecule has 0 bridgehead atoms. The van der Waals surface area contributed by atoms with E-state index in [1.54, 1.807) is 0 Å². The second kappa shape index (κ2) is 8.31. The van der Waals surface area contributed by atoms with Gasteiger partial charge in [0.05, 0.1) is 0 Å². The van der Waals surface area contributed by atoms with Crippen LogP contribution in [-0.2, 0) is 2.69 Å². The molecular weight excluding hydrogens is 342 g/mol. The zero-order valence-corrected chi connectivity index (χ0v) is 8.08. The molecule has 0 aromatic carbocycles. The summed E-state index contributed by atoms with van der Waals surface area (Å²) in [6.07, 6.45) is 0. The van der Waals surface area contributed by atoms with Crippen LogP contribution in [0, 0.1) is 0 Å². The summed E-state index contributed by atoms with van der Waals surface area (Å²) < 4.78 is 8.39. The third kappa shape index (κ3) is 169. The fourth-order valence-corrected chi connectivity index (χ4v) is 0. The van der Waals surface area contributed by atoms with E-state index in [2.05, 4.69) is 0 Å². The van der Waals surface area contributed by atoms with Crippen molar-refractivity contribution in [2.45, 2.75) is 0 Å². The molecule has 0 aromatic heterocycles. The normalized spacial score (nSPS) is 8.00. The number of hydrogen-bond acceptors (Lipinski definition) is 5. The average Bonchev–Trinajstić information content (AvgIpc) is 1.36. The van der Waals surface area contributed by atoms with Gasteiger partial charge in [-0.3, -0.25) is 0 Å². The first-order valence-electron chi connectivity index (χ1n) is 1.10. The van der Waals surface area contributed by atoms with Crippen molar-refractivity contribution in [3.05, 3.63) is 0 Å². The van der Waals surface area contributed by atoms with Gasteiger partial charge in [0.25, 0.3) is 0 Å². The van der Waals surface area contributed by atoms with E-state index in [1.165, 1.54) is 0 Å². The van der Waals surface area contributed by atoms with Crippen LogP contribution in [0.1, 0.15) is 0 Å². The fourth-order valence-electron chi connectivity index (χ4n) is 0. The Hall–Kier alpha value is 1.31. The van der Waals surface area contributed by atoms with Gasteiger partial charge in [0.15, 0.2) is 17.4 Å². The molecule has 0 saturated heterocycles. The molecule has 0 saturated carbocycles. The van der Waals surface area contributed by atoms with Gasteiger partial charge in [0.2, 0.25) is 0 Å². The first-order chi connectivity index (χ1) is 3.00. The first kappa shape index (κ1) is 16.1. The maximum absolute atomic E-state index is 8.39. The van der Waals surface area contributed by atoms with Crippen LogP contribution in [0.25, 0.3) is 0 Å². The second-order valence-electron chi connectivity index (χ2n) is 0.600. The van der Waals surface area contributed by atoms with Gasteiger partial charge in [-0.25, -0.2) is 0 Å². The molecular formula is H7AlO5PbSi. The third-order valence-corrected chi connectivity index (χ3v) is 0.